The zero-order valence-corrected chi connectivity index (χ0v) is 10.5. The highest BCUT2D eigenvalue weighted by Crippen LogP contribution is 2.25. The second kappa shape index (κ2) is 5.52. The fourth-order valence-corrected chi connectivity index (χ4v) is 2.71. The lowest BCUT2D eigenvalue weighted by atomic mass is 10.1. The third kappa shape index (κ3) is 3.10. The van der Waals surface area contributed by atoms with Gasteiger partial charge in [0.25, 0.3) is 0 Å². The van der Waals surface area contributed by atoms with E-state index >= 15 is 0 Å². The summed E-state index contributed by atoms with van der Waals surface area (Å²) in [6, 6.07) is 2.82. The second-order valence-electron chi connectivity index (χ2n) is 3.90. The molecule has 1 N–H and O–H groups in total. The van der Waals surface area contributed by atoms with E-state index in [-0.39, 0.29) is 0 Å². The van der Waals surface area contributed by atoms with Crippen molar-refractivity contribution in [1.29, 1.82) is 0 Å². The zero-order valence-electron chi connectivity index (χ0n) is 9.68. The molecule has 0 radical (unpaired) electrons. The molecule has 1 atom stereocenters. The van der Waals surface area contributed by atoms with E-state index in [0.29, 0.717) is 6.04 Å². The van der Waals surface area contributed by atoms with Crippen molar-refractivity contribution in [3.8, 4) is 0 Å². The monoisotopic (exact) mass is 211 g/mol. The number of hydrogen-bond donors (Lipinski definition) is 1. The first-order valence-corrected chi connectivity index (χ1v) is 6.27. The Hall–Kier alpha value is -0.340. The molecule has 0 aliphatic heterocycles. The molecule has 0 fully saturated rings. The second-order valence-corrected chi connectivity index (χ2v) is 5.36. The van der Waals surface area contributed by atoms with Crippen molar-refractivity contribution in [2.75, 3.05) is 6.54 Å². The van der Waals surface area contributed by atoms with Gasteiger partial charge in [-0.2, -0.15) is 0 Å². The Balaban J connectivity index is 2.51. The smallest absolute Gasteiger partial charge is 0.0302 e. The molecule has 1 rings (SSSR count). The van der Waals surface area contributed by atoms with Gasteiger partial charge in [0, 0.05) is 15.8 Å². The molecule has 0 saturated heterocycles. The summed E-state index contributed by atoms with van der Waals surface area (Å²) in [6.07, 6.45) is 2.54. The van der Waals surface area contributed by atoms with Gasteiger partial charge in [0.05, 0.1) is 0 Å². The van der Waals surface area contributed by atoms with Gasteiger partial charge in [0.2, 0.25) is 0 Å². The molecule has 0 bridgehead atoms. The van der Waals surface area contributed by atoms with E-state index in [4.69, 9.17) is 0 Å². The van der Waals surface area contributed by atoms with Crippen LogP contribution in [0.3, 0.4) is 0 Å². The normalized spacial score (nSPS) is 13.1. The summed E-state index contributed by atoms with van der Waals surface area (Å²) in [4.78, 5) is 2.88. The van der Waals surface area contributed by atoms with Gasteiger partial charge < -0.3 is 5.32 Å². The van der Waals surface area contributed by atoms with Gasteiger partial charge in [-0.25, -0.2) is 0 Å². The van der Waals surface area contributed by atoms with Crippen LogP contribution in [0.1, 0.15) is 48.0 Å². The Labute approximate surface area is 91.5 Å². The number of unbranched alkanes of at least 4 members (excludes halogenated alkanes) is 1. The molecule has 0 aliphatic carbocycles. The fourth-order valence-electron chi connectivity index (χ4n) is 1.69. The van der Waals surface area contributed by atoms with Crippen LogP contribution in [0.5, 0.6) is 0 Å². The average Bonchev–Trinajstić information content (AvgIpc) is 2.45. The predicted molar refractivity (Wildman–Crippen MR) is 65.1 cm³/mol. The molecule has 14 heavy (non-hydrogen) atoms. The van der Waals surface area contributed by atoms with Gasteiger partial charge in [-0.05, 0) is 45.4 Å². The molecule has 0 saturated carbocycles. The van der Waals surface area contributed by atoms with Gasteiger partial charge >= 0.3 is 0 Å². The van der Waals surface area contributed by atoms with Crippen molar-refractivity contribution in [2.24, 2.45) is 0 Å². The van der Waals surface area contributed by atoms with Crippen LogP contribution in [0.25, 0.3) is 0 Å². The maximum Gasteiger partial charge on any atom is 0.0302 e. The van der Waals surface area contributed by atoms with Crippen LogP contribution in [0.4, 0.5) is 0 Å². The van der Waals surface area contributed by atoms with Crippen LogP contribution in [0.15, 0.2) is 6.07 Å². The third-order valence-corrected chi connectivity index (χ3v) is 3.51. The van der Waals surface area contributed by atoms with Gasteiger partial charge in [-0.3, -0.25) is 0 Å². The number of aryl methyl sites for hydroxylation is 2. The summed E-state index contributed by atoms with van der Waals surface area (Å²) in [5, 5.41) is 3.56. The first kappa shape index (κ1) is 11.7. The van der Waals surface area contributed by atoms with Crippen molar-refractivity contribution in [2.45, 2.75) is 46.6 Å². The highest BCUT2D eigenvalue weighted by molar-refractivity contribution is 7.12. The van der Waals surface area contributed by atoms with Crippen LogP contribution in [-0.2, 0) is 0 Å². The van der Waals surface area contributed by atoms with Crippen molar-refractivity contribution >= 4 is 11.3 Å². The van der Waals surface area contributed by atoms with Gasteiger partial charge in [0.15, 0.2) is 0 Å². The van der Waals surface area contributed by atoms with Gasteiger partial charge in [0.1, 0.15) is 0 Å². The Morgan fingerprint density at radius 3 is 2.64 bits per heavy atom. The predicted octanol–water partition coefficient (Wildman–Crippen LogP) is 3.82. The summed E-state index contributed by atoms with van der Waals surface area (Å²) >= 11 is 1.90. The molecular weight excluding hydrogens is 190 g/mol. The van der Waals surface area contributed by atoms with E-state index in [9.17, 15) is 0 Å². The van der Waals surface area contributed by atoms with Gasteiger partial charge in [-0.1, -0.05) is 13.3 Å². The van der Waals surface area contributed by atoms with E-state index in [1.807, 2.05) is 11.3 Å². The van der Waals surface area contributed by atoms with Crippen molar-refractivity contribution < 1.29 is 0 Å². The molecule has 1 aromatic heterocycles. The SMILES string of the molecule is CCCCNC(C)c1cc(C)sc1C. The van der Waals surface area contributed by atoms with Crippen LogP contribution in [0.2, 0.25) is 0 Å². The number of rotatable bonds is 5. The minimum absolute atomic E-state index is 0.506. The molecule has 0 aromatic carbocycles. The van der Waals surface area contributed by atoms with Crippen molar-refractivity contribution in [3.63, 3.8) is 0 Å². The van der Waals surface area contributed by atoms with Crippen molar-refractivity contribution in [1.82, 2.24) is 5.32 Å². The first-order valence-electron chi connectivity index (χ1n) is 5.45. The minimum atomic E-state index is 0.506. The summed E-state index contributed by atoms with van der Waals surface area (Å²) in [7, 11) is 0. The van der Waals surface area contributed by atoms with Crippen LogP contribution in [-0.4, -0.2) is 6.54 Å². The standard InChI is InChI=1S/C12H21NS/c1-5-6-7-13-10(3)12-8-9(2)14-11(12)4/h8,10,13H,5-7H2,1-4H3. The molecule has 0 spiro atoms. The summed E-state index contributed by atoms with van der Waals surface area (Å²) in [5.74, 6) is 0. The van der Waals surface area contributed by atoms with Crippen LogP contribution >= 0.6 is 11.3 Å². The number of nitrogens with one attached hydrogen (secondary N) is 1. The highest BCUT2D eigenvalue weighted by atomic mass is 32.1. The average molecular weight is 211 g/mol. The number of thiophene rings is 1. The molecule has 1 unspecified atom stereocenters. The molecule has 1 heterocycles. The molecule has 0 amide bonds. The lowest BCUT2D eigenvalue weighted by Crippen LogP contribution is -2.19. The largest absolute Gasteiger partial charge is 0.310 e. The Bertz CT molecular complexity index is 278. The quantitative estimate of drug-likeness (QED) is 0.730. The Morgan fingerprint density at radius 2 is 2.14 bits per heavy atom. The molecule has 0 aliphatic rings. The lowest BCUT2D eigenvalue weighted by molar-refractivity contribution is 0.554. The molecule has 2 heteroatoms. The van der Waals surface area contributed by atoms with E-state index in [1.54, 1.807) is 0 Å². The minimum Gasteiger partial charge on any atom is -0.310 e. The Kier molecular flexibility index (Phi) is 4.63. The summed E-state index contributed by atoms with van der Waals surface area (Å²) in [5.41, 5.74) is 1.48. The fraction of sp³-hybridized carbons (Fsp3) is 0.667. The van der Waals surface area contributed by atoms with Gasteiger partial charge in [-0.15, -0.1) is 11.3 Å². The van der Waals surface area contributed by atoms with Crippen LogP contribution in [0, 0.1) is 13.8 Å². The lowest BCUT2D eigenvalue weighted by Gasteiger charge is -2.13. The summed E-state index contributed by atoms with van der Waals surface area (Å²) < 4.78 is 0. The third-order valence-electron chi connectivity index (χ3n) is 2.53. The van der Waals surface area contributed by atoms with E-state index in [0.717, 1.165) is 6.54 Å². The molecular formula is C12H21NS. The maximum atomic E-state index is 3.56. The van der Waals surface area contributed by atoms with Crippen molar-refractivity contribution in [3.05, 3.63) is 21.4 Å². The molecule has 1 aromatic rings. The maximum absolute atomic E-state index is 3.56. The zero-order chi connectivity index (χ0) is 10.6. The van der Waals surface area contributed by atoms with E-state index in [1.165, 1.54) is 28.2 Å². The topological polar surface area (TPSA) is 12.0 Å². The first-order chi connectivity index (χ1) is 6.65. The van der Waals surface area contributed by atoms with E-state index in [2.05, 4.69) is 39.1 Å². The van der Waals surface area contributed by atoms with E-state index < -0.39 is 0 Å². The summed E-state index contributed by atoms with van der Waals surface area (Å²) in [6.45, 7) is 10.0. The Morgan fingerprint density at radius 1 is 1.43 bits per heavy atom. The van der Waals surface area contributed by atoms with Crippen LogP contribution < -0.4 is 5.32 Å². The highest BCUT2D eigenvalue weighted by Gasteiger charge is 2.09. The molecule has 1 nitrogen and oxygen atoms in total. The molecule has 80 valence electrons. The number of hydrogen-bond acceptors (Lipinski definition) is 2.